The zero-order valence-electron chi connectivity index (χ0n) is 14.1. The number of hydrogen-bond acceptors (Lipinski definition) is 2. The number of nitrogens with zero attached hydrogens (tertiary/aromatic N) is 2. The second-order valence-electron chi connectivity index (χ2n) is 7.01. The molecule has 114 valence electrons. The molecule has 0 aliphatic heterocycles. The van der Waals surface area contributed by atoms with Gasteiger partial charge < -0.3 is 5.32 Å². The average molecular weight is 285 g/mol. The van der Waals surface area contributed by atoms with Gasteiger partial charge in [0.1, 0.15) is 0 Å². The fourth-order valence-corrected chi connectivity index (χ4v) is 2.50. The lowest BCUT2D eigenvalue weighted by Crippen LogP contribution is -2.35. The summed E-state index contributed by atoms with van der Waals surface area (Å²) in [6, 6.07) is 8.41. The Labute approximate surface area is 128 Å². The van der Waals surface area contributed by atoms with E-state index in [9.17, 15) is 0 Å². The molecule has 1 N–H and O–H groups in total. The van der Waals surface area contributed by atoms with Crippen molar-refractivity contribution in [1.29, 1.82) is 0 Å². The number of benzene rings is 1. The maximum atomic E-state index is 4.65. The van der Waals surface area contributed by atoms with E-state index in [1.165, 1.54) is 22.5 Å². The van der Waals surface area contributed by atoms with Gasteiger partial charge >= 0.3 is 0 Å². The lowest BCUT2D eigenvalue weighted by Gasteiger charge is -2.21. The molecule has 0 saturated heterocycles. The van der Waals surface area contributed by atoms with Crippen LogP contribution < -0.4 is 5.32 Å². The average Bonchev–Trinajstić information content (AvgIpc) is 2.80. The van der Waals surface area contributed by atoms with Crippen LogP contribution in [0.2, 0.25) is 0 Å². The Balaban J connectivity index is 2.40. The second-order valence-corrected chi connectivity index (χ2v) is 7.01. The largest absolute Gasteiger partial charge is 0.308 e. The Kier molecular flexibility index (Phi) is 4.52. The minimum atomic E-state index is 0.110. The zero-order valence-corrected chi connectivity index (χ0v) is 14.1. The molecule has 0 radical (unpaired) electrons. The topological polar surface area (TPSA) is 29.9 Å². The number of nitrogens with one attached hydrogen (secondary N) is 1. The number of aromatic nitrogens is 2. The van der Waals surface area contributed by atoms with Crippen LogP contribution in [0, 0.1) is 6.92 Å². The van der Waals surface area contributed by atoms with Crippen molar-refractivity contribution in [2.45, 2.75) is 59.5 Å². The Morgan fingerprint density at radius 2 is 1.86 bits per heavy atom. The summed E-state index contributed by atoms with van der Waals surface area (Å²) in [4.78, 5) is 0. The highest BCUT2D eigenvalue weighted by Crippen LogP contribution is 2.25. The summed E-state index contributed by atoms with van der Waals surface area (Å²) in [6.45, 7) is 14.0. The summed E-state index contributed by atoms with van der Waals surface area (Å²) >= 11 is 0. The van der Waals surface area contributed by atoms with Crippen molar-refractivity contribution in [1.82, 2.24) is 15.1 Å². The van der Waals surface area contributed by atoms with Gasteiger partial charge in [-0.2, -0.15) is 5.10 Å². The Bertz CT molecular complexity index is 603. The molecule has 0 aliphatic carbocycles. The lowest BCUT2D eigenvalue weighted by atomic mass is 10.0. The van der Waals surface area contributed by atoms with E-state index in [0.29, 0.717) is 5.92 Å². The van der Waals surface area contributed by atoms with E-state index < -0.39 is 0 Å². The van der Waals surface area contributed by atoms with E-state index in [1.54, 1.807) is 0 Å². The molecule has 0 bridgehead atoms. The van der Waals surface area contributed by atoms with Crippen LogP contribution >= 0.6 is 0 Å². The van der Waals surface area contributed by atoms with Crippen molar-refractivity contribution >= 4 is 0 Å². The molecule has 0 amide bonds. The van der Waals surface area contributed by atoms with E-state index in [4.69, 9.17) is 0 Å². The molecular weight excluding hydrogens is 258 g/mol. The maximum Gasteiger partial charge on any atom is 0.0678 e. The van der Waals surface area contributed by atoms with Crippen LogP contribution in [0.15, 0.2) is 30.5 Å². The minimum Gasteiger partial charge on any atom is -0.308 e. The zero-order chi connectivity index (χ0) is 15.6. The van der Waals surface area contributed by atoms with E-state index >= 15 is 0 Å². The molecule has 0 spiro atoms. The van der Waals surface area contributed by atoms with Crippen LogP contribution in [0.3, 0.4) is 0 Å². The molecule has 2 aromatic rings. The molecule has 3 heteroatoms. The van der Waals surface area contributed by atoms with Gasteiger partial charge in [-0.05, 0) is 45.2 Å². The quantitative estimate of drug-likeness (QED) is 0.912. The van der Waals surface area contributed by atoms with Gasteiger partial charge in [-0.3, -0.25) is 0 Å². The smallest absolute Gasteiger partial charge is 0.0678 e. The number of para-hydroxylation sites is 1. The van der Waals surface area contributed by atoms with Crippen LogP contribution in [0.1, 0.15) is 57.4 Å². The lowest BCUT2D eigenvalue weighted by molar-refractivity contribution is 0.423. The maximum absolute atomic E-state index is 4.65. The monoisotopic (exact) mass is 285 g/mol. The summed E-state index contributed by atoms with van der Waals surface area (Å²) in [6.07, 6.45) is 2.00. The Morgan fingerprint density at radius 1 is 1.19 bits per heavy atom. The third-order valence-corrected chi connectivity index (χ3v) is 3.59. The summed E-state index contributed by atoms with van der Waals surface area (Å²) < 4.78 is 2.10. The van der Waals surface area contributed by atoms with Crippen LogP contribution in [0.25, 0.3) is 5.69 Å². The van der Waals surface area contributed by atoms with E-state index in [-0.39, 0.29) is 5.54 Å². The standard InChI is InChI=1S/C18H27N3/c1-13(2)17-15(11-19-18(4,5)6)12-20-21(17)16-10-8-7-9-14(16)3/h7-10,12-13,19H,11H2,1-6H3. The molecule has 1 heterocycles. The predicted molar refractivity (Wildman–Crippen MR) is 89.0 cm³/mol. The SMILES string of the molecule is Cc1ccccc1-n1ncc(CNC(C)(C)C)c1C(C)C. The number of aryl methyl sites for hydroxylation is 1. The third-order valence-electron chi connectivity index (χ3n) is 3.59. The van der Waals surface area contributed by atoms with E-state index in [0.717, 1.165) is 6.54 Å². The molecule has 0 atom stereocenters. The molecular formula is C18H27N3. The molecule has 0 unspecified atom stereocenters. The Morgan fingerprint density at radius 3 is 2.43 bits per heavy atom. The van der Waals surface area contributed by atoms with Gasteiger partial charge in [0.05, 0.1) is 17.6 Å². The summed E-state index contributed by atoms with van der Waals surface area (Å²) in [5.41, 5.74) is 5.10. The highest BCUT2D eigenvalue weighted by Gasteiger charge is 2.18. The fraction of sp³-hybridized carbons (Fsp3) is 0.500. The van der Waals surface area contributed by atoms with Crippen molar-refractivity contribution in [2.75, 3.05) is 0 Å². The van der Waals surface area contributed by atoms with Gasteiger partial charge in [-0.1, -0.05) is 32.0 Å². The first-order valence-electron chi connectivity index (χ1n) is 7.67. The molecule has 21 heavy (non-hydrogen) atoms. The van der Waals surface area contributed by atoms with Gasteiger partial charge in [-0.15, -0.1) is 0 Å². The molecule has 0 saturated carbocycles. The van der Waals surface area contributed by atoms with Crippen LogP contribution in [-0.4, -0.2) is 15.3 Å². The molecule has 0 fully saturated rings. The number of hydrogen-bond donors (Lipinski definition) is 1. The van der Waals surface area contributed by atoms with E-state index in [1.807, 2.05) is 6.20 Å². The van der Waals surface area contributed by atoms with Crippen molar-refractivity contribution in [2.24, 2.45) is 0 Å². The van der Waals surface area contributed by atoms with Crippen LogP contribution in [-0.2, 0) is 6.54 Å². The van der Waals surface area contributed by atoms with Gasteiger partial charge in [0.15, 0.2) is 0 Å². The summed E-state index contributed by atoms with van der Waals surface area (Å²) in [5, 5.41) is 8.21. The predicted octanol–water partition coefficient (Wildman–Crippen LogP) is 4.19. The summed E-state index contributed by atoms with van der Waals surface area (Å²) in [7, 11) is 0. The minimum absolute atomic E-state index is 0.110. The van der Waals surface area contributed by atoms with Crippen molar-refractivity contribution in [3.05, 3.63) is 47.3 Å². The van der Waals surface area contributed by atoms with Crippen molar-refractivity contribution in [3.63, 3.8) is 0 Å². The second kappa shape index (κ2) is 6.02. The van der Waals surface area contributed by atoms with Gasteiger partial charge in [0.25, 0.3) is 0 Å². The molecule has 1 aromatic heterocycles. The third kappa shape index (κ3) is 3.73. The van der Waals surface area contributed by atoms with Crippen LogP contribution in [0.4, 0.5) is 0 Å². The highest BCUT2D eigenvalue weighted by molar-refractivity contribution is 5.42. The summed E-state index contributed by atoms with van der Waals surface area (Å²) in [5.74, 6) is 0.434. The first kappa shape index (κ1) is 15.8. The molecule has 1 aromatic carbocycles. The molecule has 3 nitrogen and oxygen atoms in total. The fourth-order valence-electron chi connectivity index (χ4n) is 2.50. The number of rotatable bonds is 4. The molecule has 0 aliphatic rings. The van der Waals surface area contributed by atoms with Gasteiger partial charge in [0.2, 0.25) is 0 Å². The van der Waals surface area contributed by atoms with Gasteiger partial charge in [-0.25, -0.2) is 4.68 Å². The van der Waals surface area contributed by atoms with Crippen molar-refractivity contribution < 1.29 is 0 Å². The normalized spacial score (nSPS) is 12.1. The van der Waals surface area contributed by atoms with E-state index in [2.05, 4.69) is 80.9 Å². The first-order chi connectivity index (χ1) is 9.79. The molecule has 2 rings (SSSR count). The first-order valence-corrected chi connectivity index (χ1v) is 7.67. The Hall–Kier alpha value is -1.61. The van der Waals surface area contributed by atoms with Crippen LogP contribution in [0.5, 0.6) is 0 Å². The van der Waals surface area contributed by atoms with Gasteiger partial charge in [0, 0.05) is 17.6 Å². The highest BCUT2D eigenvalue weighted by atomic mass is 15.3. The van der Waals surface area contributed by atoms with Crippen molar-refractivity contribution in [3.8, 4) is 5.69 Å².